The van der Waals surface area contributed by atoms with Gasteiger partial charge < -0.3 is 10.4 Å². The van der Waals surface area contributed by atoms with E-state index in [2.05, 4.69) is 32.2 Å². The van der Waals surface area contributed by atoms with Crippen LogP contribution in [-0.2, 0) is 4.79 Å². The fourth-order valence-electron chi connectivity index (χ4n) is 7.59. The van der Waals surface area contributed by atoms with Crippen LogP contribution in [0.5, 0.6) is 0 Å². The second-order valence-electron chi connectivity index (χ2n) is 9.81. The number of ketones is 1. The van der Waals surface area contributed by atoms with Crippen molar-refractivity contribution in [3.05, 3.63) is 11.6 Å². The van der Waals surface area contributed by atoms with Gasteiger partial charge in [-0.15, -0.1) is 0 Å². The average Bonchev–Trinajstić information content (AvgIpc) is 2.83. The van der Waals surface area contributed by atoms with Gasteiger partial charge in [-0.3, -0.25) is 4.79 Å². The lowest BCUT2D eigenvalue weighted by Crippen LogP contribution is -2.54. The summed E-state index contributed by atoms with van der Waals surface area (Å²) in [5.74, 6) is 2.63. The summed E-state index contributed by atoms with van der Waals surface area (Å²) in [5.41, 5.74) is 1.92. The van der Waals surface area contributed by atoms with Gasteiger partial charge >= 0.3 is 0 Å². The Kier molecular flexibility index (Phi) is 4.20. The van der Waals surface area contributed by atoms with Gasteiger partial charge in [0.25, 0.3) is 0 Å². The van der Waals surface area contributed by atoms with Crippen LogP contribution in [0, 0.1) is 34.5 Å². The molecule has 140 valence electrons. The van der Waals surface area contributed by atoms with Crippen LogP contribution in [0.1, 0.15) is 65.7 Å². The van der Waals surface area contributed by atoms with E-state index in [1.807, 2.05) is 7.05 Å². The fraction of sp³-hybridized carbons (Fsp3) is 0.864. The van der Waals surface area contributed by atoms with Crippen molar-refractivity contribution in [1.29, 1.82) is 0 Å². The fourth-order valence-corrected chi connectivity index (χ4v) is 7.59. The molecule has 2 N–H and O–H groups in total. The summed E-state index contributed by atoms with van der Waals surface area (Å²) in [4.78, 5) is 12.7. The SMILES string of the molecule is CCC1C(=O)CC2C3CC=C4CC(NC)C(O)CC4(C)C3CCC12C. The van der Waals surface area contributed by atoms with Gasteiger partial charge in [-0.1, -0.05) is 32.4 Å². The van der Waals surface area contributed by atoms with Gasteiger partial charge in [0.2, 0.25) is 0 Å². The summed E-state index contributed by atoms with van der Waals surface area (Å²) in [5, 5.41) is 14.0. The number of likely N-dealkylation sites (N-methyl/N-ethyl adjacent to an activating group) is 1. The highest BCUT2D eigenvalue weighted by atomic mass is 16.3. The number of nitrogens with one attached hydrogen (secondary N) is 1. The van der Waals surface area contributed by atoms with E-state index in [1.165, 1.54) is 12.8 Å². The van der Waals surface area contributed by atoms with Crippen LogP contribution in [0.3, 0.4) is 0 Å². The molecule has 0 saturated heterocycles. The van der Waals surface area contributed by atoms with Crippen molar-refractivity contribution < 1.29 is 9.90 Å². The van der Waals surface area contributed by atoms with Gasteiger partial charge in [-0.2, -0.15) is 0 Å². The predicted molar refractivity (Wildman–Crippen MR) is 100 cm³/mol. The van der Waals surface area contributed by atoms with Crippen molar-refractivity contribution in [3.8, 4) is 0 Å². The Morgan fingerprint density at radius 2 is 2.04 bits per heavy atom. The van der Waals surface area contributed by atoms with Gasteiger partial charge in [0, 0.05) is 18.4 Å². The lowest BCUT2D eigenvalue weighted by molar-refractivity contribution is -0.122. The van der Waals surface area contributed by atoms with E-state index in [1.54, 1.807) is 5.57 Å². The number of allylic oxidation sites excluding steroid dienone is 1. The lowest BCUT2D eigenvalue weighted by Gasteiger charge is -2.58. The Morgan fingerprint density at radius 3 is 2.72 bits per heavy atom. The average molecular weight is 346 g/mol. The molecule has 0 amide bonds. The van der Waals surface area contributed by atoms with Crippen LogP contribution in [0.15, 0.2) is 11.6 Å². The Morgan fingerprint density at radius 1 is 1.28 bits per heavy atom. The summed E-state index contributed by atoms with van der Waals surface area (Å²) >= 11 is 0. The van der Waals surface area contributed by atoms with E-state index in [0.29, 0.717) is 23.5 Å². The largest absolute Gasteiger partial charge is 0.391 e. The van der Waals surface area contributed by atoms with Crippen molar-refractivity contribution in [2.75, 3.05) is 7.05 Å². The number of aliphatic hydroxyl groups is 1. The molecule has 0 heterocycles. The third kappa shape index (κ3) is 2.34. The van der Waals surface area contributed by atoms with Crippen LogP contribution in [0.25, 0.3) is 0 Å². The number of aliphatic hydroxyl groups excluding tert-OH is 1. The smallest absolute Gasteiger partial charge is 0.136 e. The molecule has 25 heavy (non-hydrogen) atoms. The standard InChI is InChI=1S/C22H35NO2/c1-5-15-19(24)11-17-14-7-6-13-10-18(23-4)20(25)12-22(13,3)16(14)8-9-21(15,17)2/h6,14-18,20,23,25H,5,7-12H2,1-4H3. The lowest BCUT2D eigenvalue weighted by atomic mass is 9.47. The molecule has 0 aromatic heterocycles. The Bertz CT molecular complexity index is 599. The third-order valence-corrected chi connectivity index (χ3v) is 8.99. The summed E-state index contributed by atoms with van der Waals surface area (Å²) in [6.07, 6.45) is 9.47. The first-order valence-corrected chi connectivity index (χ1v) is 10.4. The molecule has 0 bridgehead atoms. The second kappa shape index (κ2) is 5.92. The monoisotopic (exact) mass is 345 g/mol. The Hall–Kier alpha value is -0.670. The molecule has 8 unspecified atom stereocenters. The molecule has 8 atom stereocenters. The maximum Gasteiger partial charge on any atom is 0.136 e. The molecule has 4 aliphatic rings. The van der Waals surface area contributed by atoms with Crippen LogP contribution in [-0.4, -0.2) is 30.1 Å². The van der Waals surface area contributed by atoms with Crippen LogP contribution in [0.4, 0.5) is 0 Å². The Balaban J connectivity index is 1.67. The minimum Gasteiger partial charge on any atom is -0.391 e. The summed E-state index contributed by atoms with van der Waals surface area (Å²) in [7, 11) is 1.96. The second-order valence-corrected chi connectivity index (χ2v) is 9.81. The van der Waals surface area contributed by atoms with E-state index in [-0.39, 0.29) is 28.9 Å². The molecule has 0 radical (unpaired) electrons. The van der Waals surface area contributed by atoms with Gasteiger partial charge in [-0.05, 0) is 74.2 Å². The number of carbonyl (C=O) groups excluding carboxylic acids is 1. The summed E-state index contributed by atoms with van der Waals surface area (Å²) < 4.78 is 0. The molecule has 0 spiro atoms. The van der Waals surface area contributed by atoms with Crippen LogP contribution >= 0.6 is 0 Å². The van der Waals surface area contributed by atoms with E-state index >= 15 is 0 Å². The molecule has 3 saturated carbocycles. The third-order valence-electron chi connectivity index (χ3n) is 8.99. The molecule has 3 fully saturated rings. The highest BCUT2D eigenvalue weighted by Gasteiger charge is 2.61. The van der Waals surface area contributed by atoms with Gasteiger partial charge in [-0.25, -0.2) is 0 Å². The normalized spacial score (nSPS) is 52.2. The first-order valence-electron chi connectivity index (χ1n) is 10.4. The number of Topliss-reactive ketones (excluding diaryl/α,β-unsaturated/α-hetero) is 1. The zero-order valence-corrected chi connectivity index (χ0v) is 16.3. The number of hydrogen-bond acceptors (Lipinski definition) is 3. The van der Waals surface area contributed by atoms with Crippen LogP contribution < -0.4 is 5.32 Å². The van der Waals surface area contributed by atoms with Gasteiger partial charge in [0.15, 0.2) is 0 Å². The summed E-state index contributed by atoms with van der Waals surface area (Å²) in [6, 6.07) is 0.197. The predicted octanol–water partition coefficient (Wildman–Crippen LogP) is 3.71. The van der Waals surface area contributed by atoms with E-state index in [0.717, 1.165) is 32.1 Å². The van der Waals surface area contributed by atoms with Gasteiger partial charge in [0.05, 0.1) is 6.10 Å². The summed E-state index contributed by atoms with van der Waals surface area (Å²) in [6.45, 7) is 7.00. The number of hydrogen-bond donors (Lipinski definition) is 2. The highest BCUT2D eigenvalue weighted by Crippen LogP contribution is 2.65. The molecular formula is C22H35NO2. The molecule has 0 aromatic carbocycles. The minimum atomic E-state index is -0.257. The van der Waals surface area contributed by atoms with Crippen molar-refractivity contribution in [1.82, 2.24) is 5.32 Å². The molecule has 0 aliphatic heterocycles. The zero-order valence-electron chi connectivity index (χ0n) is 16.3. The molecule has 4 rings (SSSR count). The number of fused-ring (bicyclic) bond motifs is 5. The maximum atomic E-state index is 12.7. The first-order chi connectivity index (χ1) is 11.8. The van der Waals surface area contributed by atoms with E-state index in [9.17, 15) is 9.90 Å². The quantitative estimate of drug-likeness (QED) is 0.750. The molecular weight excluding hydrogens is 310 g/mol. The van der Waals surface area contributed by atoms with E-state index < -0.39 is 0 Å². The first kappa shape index (κ1) is 17.7. The van der Waals surface area contributed by atoms with Crippen molar-refractivity contribution >= 4 is 5.78 Å². The number of rotatable bonds is 2. The zero-order chi connectivity index (χ0) is 18.0. The molecule has 3 heteroatoms. The molecule has 4 aliphatic carbocycles. The van der Waals surface area contributed by atoms with Crippen molar-refractivity contribution in [3.63, 3.8) is 0 Å². The van der Waals surface area contributed by atoms with Crippen molar-refractivity contribution in [2.45, 2.75) is 77.9 Å². The maximum absolute atomic E-state index is 12.7. The van der Waals surface area contributed by atoms with Gasteiger partial charge in [0.1, 0.15) is 5.78 Å². The molecule has 0 aromatic rings. The van der Waals surface area contributed by atoms with Crippen LogP contribution in [0.2, 0.25) is 0 Å². The van der Waals surface area contributed by atoms with E-state index in [4.69, 9.17) is 0 Å². The Labute approximate surface area is 152 Å². The highest BCUT2D eigenvalue weighted by molar-refractivity contribution is 5.84. The number of carbonyl (C=O) groups is 1. The molecule has 3 nitrogen and oxygen atoms in total. The minimum absolute atomic E-state index is 0.129. The topological polar surface area (TPSA) is 49.3 Å². The van der Waals surface area contributed by atoms with Crippen molar-refractivity contribution in [2.24, 2.45) is 34.5 Å².